The summed E-state index contributed by atoms with van der Waals surface area (Å²) in [5.41, 5.74) is 0. The Morgan fingerprint density at radius 1 is 1.32 bits per heavy atom. The number of hydrogen-bond donors (Lipinski definition) is 1. The highest BCUT2D eigenvalue weighted by atomic mass is 79.9. The summed E-state index contributed by atoms with van der Waals surface area (Å²) in [4.78, 5) is 24.5. The third kappa shape index (κ3) is 4.45. The minimum Gasteiger partial charge on any atom is -0.492 e. The number of carbonyl (C=O) groups excluding carboxylic acids is 1. The Morgan fingerprint density at radius 3 is 2.55 bits per heavy atom. The largest absolute Gasteiger partial charge is 0.492 e. The molecule has 1 aliphatic heterocycles. The fraction of sp³-hybridized carbons (Fsp3) is 0.467. The Labute approximate surface area is 137 Å². The lowest BCUT2D eigenvalue weighted by molar-refractivity contribution is -0.154. The van der Waals surface area contributed by atoms with E-state index in [-0.39, 0.29) is 5.91 Å². The monoisotopic (exact) mass is 371 g/mol. The molecule has 2 rings (SSSR count). The van der Waals surface area contributed by atoms with Crippen LogP contribution in [-0.2, 0) is 14.3 Å². The zero-order valence-corrected chi connectivity index (χ0v) is 13.8. The lowest BCUT2D eigenvalue weighted by atomic mass is 10.2. The number of amides is 1. The molecule has 1 amide bonds. The summed E-state index contributed by atoms with van der Waals surface area (Å²) in [6.45, 7) is 0.769. The quantitative estimate of drug-likeness (QED) is 0.826. The first kappa shape index (κ1) is 16.8. The van der Waals surface area contributed by atoms with Gasteiger partial charge in [0.15, 0.2) is 6.10 Å². The van der Waals surface area contributed by atoms with E-state index in [2.05, 4.69) is 15.9 Å². The topological polar surface area (TPSA) is 76.1 Å². The van der Waals surface area contributed by atoms with Gasteiger partial charge in [-0.15, -0.1) is 0 Å². The first-order valence-electron chi connectivity index (χ1n) is 6.99. The number of hydrogen-bond acceptors (Lipinski definition) is 4. The molecule has 0 aromatic heterocycles. The molecule has 1 aliphatic rings. The lowest BCUT2D eigenvalue weighted by Crippen LogP contribution is -2.39. The average Bonchev–Trinajstić information content (AvgIpc) is 2.98. The van der Waals surface area contributed by atoms with E-state index in [1.807, 2.05) is 24.3 Å². The van der Waals surface area contributed by atoms with Crippen molar-refractivity contribution in [1.82, 2.24) is 4.90 Å². The SMILES string of the molecule is CN(CCOc1ccc(Br)cc1)C(=O)[C@@H]1CC[C@H](C(=O)O)O1. The lowest BCUT2D eigenvalue weighted by Gasteiger charge is -2.21. The van der Waals surface area contributed by atoms with Crippen LogP contribution in [0, 0.1) is 0 Å². The van der Waals surface area contributed by atoms with Gasteiger partial charge in [-0.2, -0.15) is 0 Å². The van der Waals surface area contributed by atoms with Crippen molar-refractivity contribution in [2.75, 3.05) is 20.2 Å². The van der Waals surface area contributed by atoms with Gasteiger partial charge < -0.3 is 19.5 Å². The number of carboxylic acid groups (broad SMARTS) is 1. The van der Waals surface area contributed by atoms with Gasteiger partial charge in [-0.3, -0.25) is 4.79 Å². The molecule has 7 heteroatoms. The maximum absolute atomic E-state index is 12.1. The number of carbonyl (C=O) groups is 2. The fourth-order valence-corrected chi connectivity index (χ4v) is 2.45. The zero-order valence-electron chi connectivity index (χ0n) is 12.2. The van der Waals surface area contributed by atoms with Gasteiger partial charge in [0.1, 0.15) is 18.5 Å². The summed E-state index contributed by atoms with van der Waals surface area (Å²) in [6.07, 6.45) is -0.733. The van der Waals surface area contributed by atoms with E-state index in [1.165, 1.54) is 4.90 Å². The molecule has 1 N–H and O–H groups in total. The number of ether oxygens (including phenoxy) is 2. The summed E-state index contributed by atoms with van der Waals surface area (Å²) in [7, 11) is 1.66. The van der Waals surface area contributed by atoms with Crippen LogP contribution in [0.5, 0.6) is 5.75 Å². The normalized spacial score (nSPS) is 20.6. The molecule has 22 heavy (non-hydrogen) atoms. The molecule has 1 aromatic carbocycles. The van der Waals surface area contributed by atoms with E-state index in [0.29, 0.717) is 26.0 Å². The molecule has 0 spiro atoms. The van der Waals surface area contributed by atoms with Crippen molar-refractivity contribution in [3.05, 3.63) is 28.7 Å². The van der Waals surface area contributed by atoms with Gasteiger partial charge in [0.25, 0.3) is 5.91 Å². The maximum atomic E-state index is 12.1. The van der Waals surface area contributed by atoms with Crippen LogP contribution in [0.2, 0.25) is 0 Å². The van der Waals surface area contributed by atoms with Gasteiger partial charge in [0, 0.05) is 11.5 Å². The van der Waals surface area contributed by atoms with E-state index in [9.17, 15) is 9.59 Å². The second-order valence-corrected chi connectivity index (χ2v) is 6.01. The van der Waals surface area contributed by atoms with Gasteiger partial charge in [-0.05, 0) is 37.1 Å². The Bertz CT molecular complexity index is 533. The number of benzene rings is 1. The first-order valence-corrected chi connectivity index (χ1v) is 7.78. The molecule has 1 heterocycles. The minimum absolute atomic E-state index is 0.205. The van der Waals surface area contributed by atoms with Crippen LogP contribution in [0.1, 0.15) is 12.8 Å². The summed E-state index contributed by atoms with van der Waals surface area (Å²) in [6, 6.07) is 7.43. The predicted octanol–water partition coefficient (Wildman–Crippen LogP) is 1.92. The molecule has 2 atom stereocenters. The van der Waals surface area contributed by atoms with E-state index < -0.39 is 18.2 Å². The molecule has 0 aliphatic carbocycles. The van der Waals surface area contributed by atoms with Crippen LogP contribution in [-0.4, -0.2) is 54.3 Å². The van der Waals surface area contributed by atoms with Crippen molar-refractivity contribution in [3.8, 4) is 5.75 Å². The molecule has 0 unspecified atom stereocenters. The molecule has 1 aromatic rings. The third-order valence-corrected chi connectivity index (χ3v) is 3.98. The summed E-state index contributed by atoms with van der Waals surface area (Å²) in [5.74, 6) is -0.494. The van der Waals surface area contributed by atoms with Gasteiger partial charge in [-0.1, -0.05) is 15.9 Å². The van der Waals surface area contributed by atoms with Crippen molar-refractivity contribution in [2.45, 2.75) is 25.0 Å². The van der Waals surface area contributed by atoms with E-state index >= 15 is 0 Å². The molecule has 0 bridgehead atoms. The van der Waals surface area contributed by atoms with Gasteiger partial charge >= 0.3 is 5.97 Å². The second-order valence-electron chi connectivity index (χ2n) is 5.09. The molecule has 1 saturated heterocycles. The van der Waals surface area contributed by atoms with E-state index in [4.69, 9.17) is 14.6 Å². The smallest absolute Gasteiger partial charge is 0.332 e. The minimum atomic E-state index is -1.02. The Kier molecular flexibility index (Phi) is 5.79. The molecular formula is C15H18BrNO5. The highest BCUT2D eigenvalue weighted by Crippen LogP contribution is 2.21. The number of carboxylic acids is 1. The first-order chi connectivity index (χ1) is 10.5. The zero-order chi connectivity index (χ0) is 16.1. The van der Waals surface area contributed by atoms with Crippen LogP contribution < -0.4 is 4.74 Å². The number of likely N-dealkylation sites (N-methyl/N-ethyl adjacent to an activating group) is 1. The number of nitrogens with zero attached hydrogens (tertiary/aromatic N) is 1. The van der Waals surface area contributed by atoms with Crippen molar-refractivity contribution in [2.24, 2.45) is 0 Å². The Balaban J connectivity index is 1.75. The second kappa shape index (κ2) is 7.60. The maximum Gasteiger partial charge on any atom is 0.332 e. The number of aliphatic carboxylic acids is 1. The standard InChI is InChI=1S/C15H18BrNO5/c1-17(8-9-21-11-4-2-10(16)3-5-11)14(18)12-6-7-13(22-12)15(19)20/h2-5,12-13H,6-9H2,1H3,(H,19,20)/t12-,13+/m0/s1. The van der Waals surface area contributed by atoms with Gasteiger partial charge in [-0.25, -0.2) is 4.79 Å². The van der Waals surface area contributed by atoms with E-state index in [1.54, 1.807) is 7.05 Å². The molecule has 0 saturated carbocycles. The average molecular weight is 372 g/mol. The Hall–Kier alpha value is -1.60. The summed E-state index contributed by atoms with van der Waals surface area (Å²) < 4.78 is 11.8. The summed E-state index contributed by atoms with van der Waals surface area (Å²) in [5, 5.41) is 8.87. The highest BCUT2D eigenvalue weighted by Gasteiger charge is 2.35. The Morgan fingerprint density at radius 2 is 1.95 bits per heavy atom. The molecule has 1 fully saturated rings. The van der Waals surface area contributed by atoms with Crippen molar-refractivity contribution >= 4 is 27.8 Å². The van der Waals surface area contributed by atoms with Gasteiger partial charge in [0.2, 0.25) is 0 Å². The van der Waals surface area contributed by atoms with Gasteiger partial charge in [0.05, 0.1) is 6.54 Å². The third-order valence-electron chi connectivity index (χ3n) is 3.46. The van der Waals surface area contributed by atoms with E-state index in [0.717, 1.165) is 10.2 Å². The predicted molar refractivity (Wildman–Crippen MR) is 82.8 cm³/mol. The molecule has 0 radical (unpaired) electrons. The van der Waals surface area contributed by atoms with Crippen molar-refractivity contribution in [1.29, 1.82) is 0 Å². The van der Waals surface area contributed by atoms with Crippen LogP contribution in [0.25, 0.3) is 0 Å². The summed E-state index contributed by atoms with van der Waals surface area (Å²) >= 11 is 3.34. The fourth-order valence-electron chi connectivity index (χ4n) is 2.19. The van der Waals surface area contributed by atoms with Crippen LogP contribution >= 0.6 is 15.9 Å². The number of rotatable bonds is 6. The van der Waals surface area contributed by atoms with Crippen molar-refractivity contribution in [3.63, 3.8) is 0 Å². The number of halogens is 1. The molecule has 6 nitrogen and oxygen atoms in total. The van der Waals surface area contributed by atoms with Crippen molar-refractivity contribution < 1.29 is 24.2 Å². The molecular weight excluding hydrogens is 354 g/mol. The van der Waals surface area contributed by atoms with Crippen LogP contribution in [0.4, 0.5) is 0 Å². The molecule has 120 valence electrons. The van der Waals surface area contributed by atoms with Crippen LogP contribution in [0.15, 0.2) is 28.7 Å². The van der Waals surface area contributed by atoms with Crippen LogP contribution in [0.3, 0.4) is 0 Å². The highest BCUT2D eigenvalue weighted by molar-refractivity contribution is 9.10.